The van der Waals surface area contributed by atoms with Gasteiger partial charge in [-0.1, -0.05) is 40.2 Å². The van der Waals surface area contributed by atoms with Gasteiger partial charge in [-0.25, -0.2) is 9.59 Å². The molecule has 0 amide bonds. The van der Waals surface area contributed by atoms with E-state index in [4.69, 9.17) is 19.3 Å². The fourth-order valence-electron chi connectivity index (χ4n) is 4.31. The predicted octanol–water partition coefficient (Wildman–Crippen LogP) is 4.05. The van der Waals surface area contributed by atoms with Crippen molar-refractivity contribution < 1.29 is 33.7 Å². The molecule has 9 heteroatoms. The second-order valence-electron chi connectivity index (χ2n) is 7.69. The lowest BCUT2D eigenvalue weighted by Crippen LogP contribution is -2.29. The Balaban J connectivity index is 1.93. The summed E-state index contributed by atoms with van der Waals surface area (Å²) in [5.74, 6) is -2.12. The molecule has 0 aromatic heterocycles. The topological polar surface area (TPSA) is 111 Å². The molecule has 1 heterocycles. The number of nitrogens with one attached hydrogen (secondary N) is 1. The SMILES string of the molecule is CCOc1cc([C@@H]2C(C(=O)OC)=C(C)NC3=C2C(=O)c2ccccc23)c(Br)cc1OCC(=O)O. The first-order chi connectivity index (χ1) is 16.3. The highest BCUT2D eigenvalue weighted by Crippen LogP contribution is 2.50. The summed E-state index contributed by atoms with van der Waals surface area (Å²) in [6, 6.07) is 10.5. The minimum absolute atomic E-state index is 0.187. The van der Waals surface area contributed by atoms with Crippen LogP contribution in [0.3, 0.4) is 0 Å². The normalized spacial score (nSPS) is 16.6. The number of allylic oxidation sites excluding steroid dienone is 2. The lowest BCUT2D eigenvalue weighted by molar-refractivity contribution is -0.139. The van der Waals surface area contributed by atoms with Crippen LogP contribution in [0.1, 0.15) is 41.3 Å². The van der Waals surface area contributed by atoms with Gasteiger partial charge in [-0.15, -0.1) is 0 Å². The van der Waals surface area contributed by atoms with Crippen LogP contribution in [0.5, 0.6) is 11.5 Å². The van der Waals surface area contributed by atoms with Gasteiger partial charge in [0.2, 0.25) is 0 Å². The molecule has 0 saturated carbocycles. The smallest absolute Gasteiger partial charge is 0.341 e. The molecule has 1 aliphatic carbocycles. The number of benzene rings is 2. The Morgan fingerprint density at radius 3 is 2.44 bits per heavy atom. The minimum atomic E-state index is -1.13. The molecule has 34 heavy (non-hydrogen) atoms. The Morgan fingerprint density at radius 2 is 1.79 bits per heavy atom. The van der Waals surface area contributed by atoms with Crippen LogP contribution in [0.4, 0.5) is 0 Å². The van der Waals surface area contributed by atoms with E-state index in [0.717, 1.165) is 5.56 Å². The molecule has 0 saturated heterocycles. The molecule has 0 unspecified atom stereocenters. The Hall–Kier alpha value is -3.59. The van der Waals surface area contributed by atoms with Gasteiger partial charge in [-0.05, 0) is 31.5 Å². The lowest BCUT2D eigenvalue weighted by Gasteiger charge is -2.30. The van der Waals surface area contributed by atoms with Gasteiger partial charge in [0, 0.05) is 26.9 Å². The number of hydrogen-bond acceptors (Lipinski definition) is 7. The molecule has 0 bridgehead atoms. The maximum Gasteiger partial charge on any atom is 0.341 e. The summed E-state index contributed by atoms with van der Waals surface area (Å²) < 4.78 is 16.7. The highest BCUT2D eigenvalue weighted by molar-refractivity contribution is 9.10. The van der Waals surface area contributed by atoms with Crippen LogP contribution in [0.2, 0.25) is 0 Å². The third-order valence-corrected chi connectivity index (χ3v) is 6.37. The van der Waals surface area contributed by atoms with E-state index in [2.05, 4.69) is 21.2 Å². The molecule has 1 atom stereocenters. The lowest BCUT2D eigenvalue weighted by atomic mass is 9.79. The average Bonchev–Trinajstić information content (AvgIpc) is 3.09. The number of carbonyl (C=O) groups is 3. The van der Waals surface area contributed by atoms with Crippen molar-refractivity contribution in [2.75, 3.05) is 20.3 Å². The zero-order valence-corrected chi connectivity index (χ0v) is 20.3. The van der Waals surface area contributed by atoms with Gasteiger partial charge in [0.15, 0.2) is 23.9 Å². The Morgan fingerprint density at radius 1 is 1.12 bits per heavy atom. The van der Waals surface area contributed by atoms with E-state index in [-0.39, 0.29) is 11.5 Å². The molecule has 2 aliphatic rings. The number of methoxy groups -OCH3 is 1. The highest BCUT2D eigenvalue weighted by Gasteiger charge is 2.43. The number of carboxylic acid groups (broad SMARTS) is 1. The quantitative estimate of drug-likeness (QED) is 0.518. The van der Waals surface area contributed by atoms with Crippen molar-refractivity contribution in [3.05, 3.63) is 74.4 Å². The summed E-state index contributed by atoms with van der Waals surface area (Å²) >= 11 is 3.53. The fraction of sp³-hybridized carbons (Fsp3) is 0.240. The molecule has 8 nitrogen and oxygen atoms in total. The minimum Gasteiger partial charge on any atom is -0.490 e. The van der Waals surface area contributed by atoms with Gasteiger partial charge < -0.3 is 24.6 Å². The van der Waals surface area contributed by atoms with Gasteiger partial charge in [-0.2, -0.15) is 0 Å². The average molecular weight is 528 g/mol. The summed E-state index contributed by atoms with van der Waals surface area (Å²) in [6.07, 6.45) is 0. The summed E-state index contributed by atoms with van der Waals surface area (Å²) in [7, 11) is 1.29. The van der Waals surface area contributed by atoms with Crippen LogP contribution in [-0.4, -0.2) is 43.2 Å². The highest BCUT2D eigenvalue weighted by atomic mass is 79.9. The van der Waals surface area contributed by atoms with Gasteiger partial charge in [0.25, 0.3) is 0 Å². The van der Waals surface area contributed by atoms with Gasteiger partial charge >= 0.3 is 11.9 Å². The first kappa shape index (κ1) is 23.6. The van der Waals surface area contributed by atoms with E-state index in [9.17, 15) is 14.4 Å². The van der Waals surface area contributed by atoms with Crippen molar-refractivity contribution in [1.82, 2.24) is 5.32 Å². The van der Waals surface area contributed by atoms with E-state index in [0.29, 0.717) is 50.5 Å². The number of halogens is 1. The van der Waals surface area contributed by atoms with E-state index in [1.807, 2.05) is 12.1 Å². The number of esters is 1. The number of dihydropyridines is 1. The van der Waals surface area contributed by atoms with Crippen molar-refractivity contribution in [3.8, 4) is 11.5 Å². The number of aliphatic carboxylic acids is 1. The molecule has 2 N–H and O–H groups in total. The van der Waals surface area contributed by atoms with Crippen LogP contribution in [0.25, 0.3) is 5.70 Å². The first-order valence-corrected chi connectivity index (χ1v) is 11.3. The zero-order chi connectivity index (χ0) is 24.6. The molecule has 0 fully saturated rings. The first-order valence-electron chi connectivity index (χ1n) is 10.5. The summed E-state index contributed by atoms with van der Waals surface area (Å²) in [5, 5.41) is 12.2. The summed E-state index contributed by atoms with van der Waals surface area (Å²) in [4.78, 5) is 37.5. The fourth-order valence-corrected chi connectivity index (χ4v) is 4.86. The predicted molar refractivity (Wildman–Crippen MR) is 127 cm³/mol. The van der Waals surface area contributed by atoms with E-state index < -0.39 is 24.5 Å². The molecular formula is C25H22BrNO7. The molecule has 0 radical (unpaired) electrons. The Kier molecular flexibility index (Phi) is 6.47. The monoisotopic (exact) mass is 527 g/mol. The van der Waals surface area contributed by atoms with Crippen molar-refractivity contribution >= 4 is 39.3 Å². The van der Waals surface area contributed by atoms with Crippen molar-refractivity contribution in [1.29, 1.82) is 0 Å². The largest absolute Gasteiger partial charge is 0.490 e. The van der Waals surface area contributed by atoms with E-state index in [1.165, 1.54) is 7.11 Å². The van der Waals surface area contributed by atoms with Gasteiger partial charge in [-0.3, -0.25) is 4.79 Å². The molecule has 2 aromatic rings. The number of ether oxygens (including phenoxy) is 3. The number of hydrogen-bond donors (Lipinski definition) is 2. The molecule has 0 spiro atoms. The molecule has 1 aliphatic heterocycles. The number of ketones is 1. The number of rotatable bonds is 7. The maximum absolute atomic E-state index is 13.5. The van der Waals surface area contributed by atoms with Gasteiger partial charge in [0.05, 0.1) is 30.9 Å². The Bertz CT molecular complexity index is 1280. The Labute approximate surface area is 204 Å². The maximum atomic E-state index is 13.5. The number of Topliss-reactive ketones (excluding diaryl/α,β-unsaturated/α-hetero) is 1. The van der Waals surface area contributed by atoms with Crippen molar-refractivity contribution in [2.24, 2.45) is 0 Å². The number of fused-ring (bicyclic) bond motifs is 2. The van der Waals surface area contributed by atoms with E-state index >= 15 is 0 Å². The van der Waals surface area contributed by atoms with Crippen molar-refractivity contribution in [2.45, 2.75) is 19.8 Å². The van der Waals surface area contributed by atoms with Crippen molar-refractivity contribution in [3.63, 3.8) is 0 Å². The summed E-state index contributed by atoms with van der Waals surface area (Å²) in [6.45, 7) is 3.30. The summed E-state index contributed by atoms with van der Waals surface area (Å²) in [5.41, 5.74) is 3.83. The van der Waals surface area contributed by atoms with Crippen LogP contribution in [0.15, 0.2) is 57.7 Å². The van der Waals surface area contributed by atoms with Gasteiger partial charge in [0.1, 0.15) is 0 Å². The second kappa shape index (κ2) is 9.34. The molecule has 2 aromatic carbocycles. The van der Waals surface area contributed by atoms with Crippen LogP contribution in [-0.2, 0) is 14.3 Å². The van der Waals surface area contributed by atoms with Crippen LogP contribution in [0, 0.1) is 0 Å². The molecular weight excluding hydrogens is 506 g/mol. The number of carbonyl (C=O) groups excluding carboxylic acids is 2. The zero-order valence-electron chi connectivity index (χ0n) is 18.7. The molecule has 4 rings (SSSR count). The van der Waals surface area contributed by atoms with Crippen LogP contribution >= 0.6 is 15.9 Å². The van der Waals surface area contributed by atoms with E-state index in [1.54, 1.807) is 38.1 Å². The van der Waals surface area contributed by atoms with Crippen LogP contribution < -0.4 is 14.8 Å². The second-order valence-corrected chi connectivity index (χ2v) is 8.54. The molecule has 176 valence electrons. The standard InChI is InChI=1S/C25H22BrNO7/c1-4-33-17-9-15(16(26)10-18(17)34-11-19(28)29)21-20(25(31)32-3)12(2)27-23-13-7-5-6-8-14(13)24(30)22(21)23/h5-10,21,27H,4,11H2,1-3H3,(H,28,29)/t21-/m1/s1. The third kappa shape index (κ3) is 3.96. The number of carboxylic acids is 1. The third-order valence-electron chi connectivity index (χ3n) is 5.68.